The van der Waals surface area contributed by atoms with E-state index >= 15 is 0 Å². The van der Waals surface area contributed by atoms with Gasteiger partial charge in [-0.25, -0.2) is 4.39 Å². The molecule has 142 valence electrons. The van der Waals surface area contributed by atoms with Gasteiger partial charge < -0.3 is 4.57 Å². The molecular formula is C24H22FOPS. The van der Waals surface area contributed by atoms with Crippen LogP contribution in [0.4, 0.5) is 4.39 Å². The number of hydrogen-bond acceptors (Lipinski definition) is 2. The Bertz CT molecular complexity index is 1010. The van der Waals surface area contributed by atoms with Crippen LogP contribution in [0.1, 0.15) is 13.8 Å². The van der Waals surface area contributed by atoms with Crippen molar-refractivity contribution in [1.82, 2.24) is 0 Å². The van der Waals surface area contributed by atoms with Crippen LogP contribution in [0.2, 0.25) is 0 Å². The van der Waals surface area contributed by atoms with Gasteiger partial charge in [0.15, 0.2) is 7.14 Å². The van der Waals surface area contributed by atoms with Gasteiger partial charge in [-0.2, -0.15) is 0 Å². The molecule has 28 heavy (non-hydrogen) atoms. The second-order valence-corrected chi connectivity index (χ2v) is 10.5. The summed E-state index contributed by atoms with van der Waals surface area (Å²) < 4.78 is 28.2. The Balaban J connectivity index is 2.12. The highest BCUT2D eigenvalue weighted by Gasteiger charge is 2.33. The van der Waals surface area contributed by atoms with Crippen LogP contribution < -0.4 is 10.6 Å². The van der Waals surface area contributed by atoms with E-state index in [9.17, 15) is 8.96 Å². The summed E-state index contributed by atoms with van der Waals surface area (Å²) in [5, 5.41) is 2.05. The van der Waals surface area contributed by atoms with E-state index in [0.717, 1.165) is 26.0 Å². The molecule has 0 saturated heterocycles. The maximum absolute atomic E-state index is 14.5. The van der Waals surface area contributed by atoms with Crippen LogP contribution in [-0.4, -0.2) is 0 Å². The third-order valence-electron chi connectivity index (χ3n) is 4.35. The van der Waals surface area contributed by atoms with Crippen molar-refractivity contribution in [3.05, 3.63) is 113 Å². The second-order valence-electron chi connectivity index (χ2n) is 6.62. The third kappa shape index (κ3) is 4.22. The highest BCUT2D eigenvalue weighted by Crippen LogP contribution is 2.57. The zero-order valence-corrected chi connectivity index (χ0v) is 17.6. The van der Waals surface area contributed by atoms with Crippen LogP contribution in [-0.2, 0) is 4.57 Å². The Labute approximate surface area is 170 Å². The summed E-state index contributed by atoms with van der Waals surface area (Å²) in [5.74, 6) is -0.294. The fourth-order valence-electron chi connectivity index (χ4n) is 2.98. The maximum Gasteiger partial charge on any atom is 0.171 e. The number of rotatable bonds is 6. The Morgan fingerprint density at radius 1 is 0.857 bits per heavy atom. The Morgan fingerprint density at radius 3 is 1.86 bits per heavy atom. The van der Waals surface area contributed by atoms with E-state index in [1.807, 2.05) is 80.6 Å². The van der Waals surface area contributed by atoms with Crippen LogP contribution in [0.3, 0.4) is 0 Å². The molecular weight excluding hydrogens is 386 g/mol. The van der Waals surface area contributed by atoms with E-state index in [-0.39, 0.29) is 5.82 Å². The lowest BCUT2D eigenvalue weighted by atomic mass is 10.3. The largest absolute Gasteiger partial charge is 0.309 e. The SMILES string of the molecule is C=C(C(Sc1cccc(F)c1)=C(C)C)P(=O)(c1ccccc1)c1ccccc1. The van der Waals surface area contributed by atoms with Gasteiger partial charge in [-0.15, -0.1) is 0 Å². The van der Waals surface area contributed by atoms with Gasteiger partial charge in [-0.1, -0.05) is 90.6 Å². The van der Waals surface area contributed by atoms with Gasteiger partial charge in [0.05, 0.1) is 0 Å². The van der Waals surface area contributed by atoms with Crippen LogP contribution in [0.15, 0.2) is 112 Å². The van der Waals surface area contributed by atoms with Crippen molar-refractivity contribution in [1.29, 1.82) is 0 Å². The second kappa shape index (κ2) is 8.77. The normalized spacial score (nSPS) is 11.1. The number of benzene rings is 3. The maximum atomic E-state index is 14.5. The molecule has 0 unspecified atom stereocenters. The van der Waals surface area contributed by atoms with Gasteiger partial charge in [0, 0.05) is 25.7 Å². The topological polar surface area (TPSA) is 17.1 Å². The lowest BCUT2D eigenvalue weighted by Gasteiger charge is -2.24. The molecule has 0 spiro atoms. The molecule has 0 bridgehead atoms. The molecule has 4 heteroatoms. The molecule has 0 amide bonds. The van der Waals surface area contributed by atoms with Crippen molar-refractivity contribution < 1.29 is 8.96 Å². The standard InChI is InChI=1S/C24H22FOPS/c1-18(2)24(28-23-16-10-11-20(25)17-23)19(3)27(26,21-12-6-4-7-13-21)22-14-8-5-9-15-22/h4-17H,3H2,1-2H3. The average molecular weight is 408 g/mol. The third-order valence-corrected chi connectivity index (χ3v) is 8.89. The smallest absolute Gasteiger partial charge is 0.171 e. The molecule has 0 aromatic heterocycles. The first-order valence-electron chi connectivity index (χ1n) is 8.95. The van der Waals surface area contributed by atoms with E-state index < -0.39 is 7.14 Å². The molecule has 0 atom stereocenters. The first kappa shape index (κ1) is 20.4. The lowest BCUT2D eigenvalue weighted by molar-refractivity contribution is 0.591. The fourth-order valence-corrected chi connectivity index (χ4v) is 6.99. The molecule has 0 fully saturated rings. The van der Waals surface area contributed by atoms with E-state index in [0.29, 0.717) is 5.31 Å². The van der Waals surface area contributed by atoms with Gasteiger partial charge in [0.1, 0.15) is 5.82 Å². The van der Waals surface area contributed by atoms with Crippen molar-refractivity contribution >= 4 is 29.5 Å². The molecule has 0 saturated carbocycles. The van der Waals surface area contributed by atoms with E-state index in [1.165, 1.54) is 23.9 Å². The van der Waals surface area contributed by atoms with Crippen LogP contribution in [0.25, 0.3) is 0 Å². The first-order chi connectivity index (χ1) is 13.4. The van der Waals surface area contributed by atoms with E-state index in [1.54, 1.807) is 6.07 Å². The molecule has 0 N–H and O–H groups in total. The first-order valence-corrected chi connectivity index (χ1v) is 11.5. The monoisotopic (exact) mass is 408 g/mol. The minimum Gasteiger partial charge on any atom is -0.309 e. The highest BCUT2D eigenvalue weighted by atomic mass is 32.2. The summed E-state index contributed by atoms with van der Waals surface area (Å²) in [5.41, 5.74) is 0.992. The average Bonchev–Trinajstić information content (AvgIpc) is 2.72. The highest BCUT2D eigenvalue weighted by molar-refractivity contribution is 8.04. The Hall–Kier alpha value is -2.35. The van der Waals surface area contributed by atoms with Crippen LogP contribution >= 0.6 is 18.9 Å². The number of thioether (sulfide) groups is 1. The Morgan fingerprint density at radius 2 is 1.39 bits per heavy atom. The summed E-state index contributed by atoms with van der Waals surface area (Å²) in [6.45, 7) is 8.21. The summed E-state index contributed by atoms with van der Waals surface area (Å²) >= 11 is 1.40. The molecule has 3 aromatic carbocycles. The Kier molecular flexibility index (Phi) is 6.39. The summed E-state index contributed by atoms with van der Waals surface area (Å²) in [4.78, 5) is 1.58. The molecule has 0 aliphatic carbocycles. The van der Waals surface area contributed by atoms with Crippen LogP contribution in [0, 0.1) is 5.82 Å². The van der Waals surface area contributed by atoms with Crippen molar-refractivity contribution in [3.63, 3.8) is 0 Å². The van der Waals surface area contributed by atoms with Crippen molar-refractivity contribution in [3.8, 4) is 0 Å². The minimum atomic E-state index is -3.14. The van der Waals surface area contributed by atoms with Gasteiger partial charge in [-0.3, -0.25) is 0 Å². The molecule has 0 heterocycles. The zero-order chi connectivity index (χ0) is 20.1. The van der Waals surface area contributed by atoms with E-state index in [2.05, 4.69) is 6.58 Å². The van der Waals surface area contributed by atoms with Gasteiger partial charge >= 0.3 is 0 Å². The molecule has 3 aromatic rings. The van der Waals surface area contributed by atoms with Gasteiger partial charge in [0.25, 0.3) is 0 Å². The van der Waals surface area contributed by atoms with Crippen LogP contribution in [0.5, 0.6) is 0 Å². The fraction of sp³-hybridized carbons (Fsp3) is 0.0833. The summed E-state index contributed by atoms with van der Waals surface area (Å²) in [6.07, 6.45) is 0. The van der Waals surface area contributed by atoms with Crippen molar-refractivity contribution in [2.24, 2.45) is 0 Å². The summed E-state index contributed by atoms with van der Waals surface area (Å²) in [7, 11) is -3.14. The summed E-state index contributed by atoms with van der Waals surface area (Å²) in [6, 6.07) is 25.3. The predicted molar refractivity (Wildman–Crippen MR) is 120 cm³/mol. The van der Waals surface area contributed by atoms with Gasteiger partial charge in [0.2, 0.25) is 0 Å². The quantitative estimate of drug-likeness (QED) is 0.255. The van der Waals surface area contributed by atoms with Crippen molar-refractivity contribution in [2.75, 3.05) is 0 Å². The van der Waals surface area contributed by atoms with E-state index in [4.69, 9.17) is 0 Å². The van der Waals surface area contributed by atoms with Crippen molar-refractivity contribution in [2.45, 2.75) is 18.7 Å². The molecule has 0 radical (unpaired) electrons. The molecule has 0 aliphatic heterocycles. The number of hydrogen-bond donors (Lipinski definition) is 0. The predicted octanol–water partition coefficient (Wildman–Crippen LogP) is 6.74. The lowest BCUT2D eigenvalue weighted by Crippen LogP contribution is -2.17. The number of allylic oxidation sites excluding steroid dienone is 2. The zero-order valence-electron chi connectivity index (χ0n) is 15.9. The number of halogens is 1. The van der Waals surface area contributed by atoms with Gasteiger partial charge in [-0.05, 0) is 32.0 Å². The minimum absolute atomic E-state index is 0.294. The molecule has 1 nitrogen and oxygen atoms in total. The molecule has 0 aliphatic rings. The molecule has 3 rings (SSSR count).